The summed E-state index contributed by atoms with van der Waals surface area (Å²) in [5, 5.41) is 2.83. The summed E-state index contributed by atoms with van der Waals surface area (Å²) >= 11 is 0. The summed E-state index contributed by atoms with van der Waals surface area (Å²) in [5.41, 5.74) is 6.07. The Labute approximate surface area is 161 Å². The van der Waals surface area contributed by atoms with Gasteiger partial charge in [0.2, 0.25) is 15.9 Å². The molecular weight excluding hydrogens is 378 g/mol. The fraction of sp³-hybridized carbons (Fsp3) is 0.588. The van der Waals surface area contributed by atoms with Crippen LogP contribution in [0.4, 0.5) is 0 Å². The normalized spacial score (nSPS) is 16.8. The molecule has 0 aliphatic carbocycles. The summed E-state index contributed by atoms with van der Waals surface area (Å²) in [4.78, 5) is 12.5. The molecule has 0 spiro atoms. The Morgan fingerprint density at radius 1 is 1.19 bits per heavy atom. The third-order valence-corrected chi connectivity index (χ3v) is 6.62. The number of ether oxygens (including phenoxy) is 1. The van der Waals surface area contributed by atoms with E-state index in [0.29, 0.717) is 45.7 Å². The number of amides is 1. The number of hydrogen-bond acceptors (Lipinski definition) is 5. The predicted octanol–water partition coefficient (Wildman–Crippen LogP) is 1.26. The van der Waals surface area contributed by atoms with E-state index in [9.17, 15) is 13.2 Å². The summed E-state index contributed by atoms with van der Waals surface area (Å²) < 4.78 is 31.5. The third kappa shape index (κ3) is 5.17. The Morgan fingerprint density at radius 2 is 1.73 bits per heavy atom. The molecule has 1 aliphatic heterocycles. The molecule has 1 amide bonds. The molecule has 0 radical (unpaired) electrons. The Balaban J connectivity index is 0.00000338. The highest BCUT2D eigenvalue weighted by Gasteiger charge is 2.35. The molecule has 0 unspecified atom stereocenters. The lowest BCUT2D eigenvalue weighted by atomic mass is 9.90. The van der Waals surface area contributed by atoms with Gasteiger partial charge in [-0.25, -0.2) is 8.42 Å². The van der Waals surface area contributed by atoms with Gasteiger partial charge in [0.15, 0.2) is 0 Å². The van der Waals surface area contributed by atoms with Crippen molar-refractivity contribution in [2.24, 2.45) is 5.73 Å². The standard InChI is InChI=1S/C17H27N3O4S.ClH/c1-3-20(4-2)25(22,23)15-7-5-14(6-8-15)13-19-16(21)17(18)9-11-24-12-10-17;/h5-8H,3-4,9-13,18H2,1-2H3,(H,19,21);1H. The first kappa shape index (κ1) is 22.9. The first-order valence-electron chi connectivity index (χ1n) is 8.57. The van der Waals surface area contributed by atoms with E-state index in [2.05, 4.69) is 5.32 Å². The van der Waals surface area contributed by atoms with Crippen LogP contribution in [0.15, 0.2) is 29.2 Å². The number of nitrogens with two attached hydrogens (primary N) is 1. The maximum Gasteiger partial charge on any atom is 0.243 e. The fourth-order valence-electron chi connectivity index (χ4n) is 2.81. The zero-order valence-corrected chi connectivity index (χ0v) is 16.9. The Bertz CT molecular complexity index is 684. The van der Waals surface area contributed by atoms with E-state index in [1.54, 1.807) is 24.3 Å². The average Bonchev–Trinajstić information content (AvgIpc) is 2.61. The molecule has 0 saturated carbocycles. The number of sulfonamides is 1. The van der Waals surface area contributed by atoms with E-state index in [1.165, 1.54) is 4.31 Å². The lowest BCUT2D eigenvalue weighted by Gasteiger charge is -2.31. The van der Waals surface area contributed by atoms with Crippen molar-refractivity contribution in [3.8, 4) is 0 Å². The van der Waals surface area contributed by atoms with E-state index in [0.717, 1.165) is 5.56 Å². The zero-order chi connectivity index (χ0) is 18.5. The van der Waals surface area contributed by atoms with Gasteiger partial charge in [-0.2, -0.15) is 4.31 Å². The van der Waals surface area contributed by atoms with E-state index in [4.69, 9.17) is 10.5 Å². The number of benzene rings is 1. The molecule has 7 nitrogen and oxygen atoms in total. The van der Waals surface area contributed by atoms with Crippen LogP contribution in [0.5, 0.6) is 0 Å². The second-order valence-electron chi connectivity index (χ2n) is 6.18. The van der Waals surface area contributed by atoms with Crippen LogP contribution >= 0.6 is 12.4 Å². The van der Waals surface area contributed by atoms with Gasteiger partial charge < -0.3 is 15.8 Å². The lowest BCUT2D eigenvalue weighted by molar-refractivity contribution is -0.129. The first-order valence-corrected chi connectivity index (χ1v) is 10.0. The molecule has 1 heterocycles. The molecule has 148 valence electrons. The van der Waals surface area contributed by atoms with Gasteiger partial charge in [-0.05, 0) is 30.5 Å². The van der Waals surface area contributed by atoms with Crippen molar-refractivity contribution in [2.45, 2.75) is 43.7 Å². The molecule has 3 N–H and O–H groups in total. The van der Waals surface area contributed by atoms with Crippen molar-refractivity contribution in [1.29, 1.82) is 0 Å². The number of nitrogens with one attached hydrogen (secondary N) is 1. The maximum atomic E-state index is 12.4. The lowest BCUT2D eigenvalue weighted by Crippen LogP contribution is -2.56. The van der Waals surface area contributed by atoms with Crippen LogP contribution in [-0.4, -0.2) is 50.5 Å². The summed E-state index contributed by atoms with van der Waals surface area (Å²) in [5.74, 6) is -0.198. The molecule has 1 aliphatic rings. The zero-order valence-electron chi connectivity index (χ0n) is 15.2. The highest BCUT2D eigenvalue weighted by Crippen LogP contribution is 2.19. The Kier molecular flexibility index (Phi) is 8.49. The van der Waals surface area contributed by atoms with E-state index in [-0.39, 0.29) is 23.2 Å². The monoisotopic (exact) mass is 405 g/mol. The van der Waals surface area contributed by atoms with Crippen LogP contribution in [0.25, 0.3) is 0 Å². The van der Waals surface area contributed by atoms with Crippen LogP contribution in [0.1, 0.15) is 32.3 Å². The fourth-order valence-corrected chi connectivity index (χ4v) is 4.27. The molecule has 0 bridgehead atoms. The largest absolute Gasteiger partial charge is 0.381 e. The van der Waals surface area contributed by atoms with E-state index in [1.807, 2.05) is 13.8 Å². The van der Waals surface area contributed by atoms with Crippen molar-refractivity contribution in [1.82, 2.24) is 9.62 Å². The SMILES string of the molecule is CCN(CC)S(=O)(=O)c1ccc(CNC(=O)C2(N)CCOCC2)cc1.Cl. The molecule has 1 saturated heterocycles. The predicted molar refractivity (Wildman–Crippen MR) is 103 cm³/mol. The van der Waals surface area contributed by atoms with Gasteiger partial charge in [-0.1, -0.05) is 26.0 Å². The summed E-state index contributed by atoms with van der Waals surface area (Å²) in [6.45, 7) is 5.76. The highest BCUT2D eigenvalue weighted by molar-refractivity contribution is 7.89. The number of rotatable bonds is 7. The number of nitrogens with zero attached hydrogens (tertiary/aromatic N) is 1. The second kappa shape index (κ2) is 9.66. The molecule has 1 fully saturated rings. The topological polar surface area (TPSA) is 102 Å². The highest BCUT2D eigenvalue weighted by atomic mass is 35.5. The smallest absolute Gasteiger partial charge is 0.243 e. The van der Waals surface area contributed by atoms with Crippen molar-refractivity contribution >= 4 is 28.3 Å². The van der Waals surface area contributed by atoms with Crippen LogP contribution in [0.3, 0.4) is 0 Å². The van der Waals surface area contributed by atoms with Gasteiger partial charge >= 0.3 is 0 Å². The number of halogens is 1. The summed E-state index contributed by atoms with van der Waals surface area (Å²) in [6.07, 6.45) is 1.000. The first-order chi connectivity index (χ1) is 11.8. The Morgan fingerprint density at radius 3 is 2.23 bits per heavy atom. The molecule has 9 heteroatoms. The van der Waals surface area contributed by atoms with Crippen LogP contribution in [0, 0.1) is 0 Å². The van der Waals surface area contributed by atoms with Gasteiger partial charge in [-0.15, -0.1) is 12.4 Å². The van der Waals surface area contributed by atoms with Crippen molar-refractivity contribution in [2.75, 3.05) is 26.3 Å². The third-order valence-electron chi connectivity index (χ3n) is 4.56. The minimum absolute atomic E-state index is 0. The Hall–Kier alpha value is -1.19. The van der Waals surface area contributed by atoms with Crippen molar-refractivity contribution < 1.29 is 17.9 Å². The number of carbonyl (C=O) groups is 1. The van der Waals surface area contributed by atoms with Gasteiger partial charge in [0.1, 0.15) is 0 Å². The van der Waals surface area contributed by atoms with Gasteiger partial charge in [0.05, 0.1) is 10.4 Å². The second-order valence-corrected chi connectivity index (χ2v) is 8.12. The maximum absolute atomic E-state index is 12.4. The van der Waals surface area contributed by atoms with Gasteiger partial charge in [0, 0.05) is 32.8 Å². The summed E-state index contributed by atoms with van der Waals surface area (Å²) in [6, 6.07) is 6.57. The van der Waals surface area contributed by atoms with Crippen LogP contribution in [0.2, 0.25) is 0 Å². The minimum atomic E-state index is -3.46. The molecule has 0 aromatic heterocycles. The summed E-state index contributed by atoms with van der Waals surface area (Å²) in [7, 11) is -3.46. The molecule has 1 aromatic carbocycles. The van der Waals surface area contributed by atoms with Crippen LogP contribution in [-0.2, 0) is 26.1 Å². The van der Waals surface area contributed by atoms with Crippen LogP contribution < -0.4 is 11.1 Å². The average molecular weight is 406 g/mol. The molecule has 0 atom stereocenters. The van der Waals surface area contributed by atoms with E-state index < -0.39 is 15.6 Å². The molecule has 1 aromatic rings. The van der Waals surface area contributed by atoms with Gasteiger partial charge in [0.25, 0.3) is 0 Å². The minimum Gasteiger partial charge on any atom is -0.381 e. The molecular formula is C17H28ClN3O4S. The van der Waals surface area contributed by atoms with Crippen molar-refractivity contribution in [3.63, 3.8) is 0 Å². The molecule has 26 heavy (non-hydrogen) atoms. The van der Waals surface area contributed by atoms with E-state index >= 15 is 0 Å². The number of hydrogen-bond donors (Lipinski definition) is 2. The quantitative estimate of drug-likeness (QED) is 0.711. The van der Waals surface area contributed by atoms with Gasteiger partial charge in [-0.3, -0.25) is 4.79 Å². The molecule has 2 rings (SSSR count). The van der Waals surface area contributed by atoms with Crippen molar-refractivity contribution in [3.05, 3.63) is 29.8 Å². The number of carbonyl (C=O) groups excluding carboxylic acids is 1.